The molecule has 2 rings (SSSR count). The lowest BCUT2D eigenvalue weighted by molar-refractivity contribution is -0.000402. The number of nitrogens with zero attached hydrogens (tertiary/aromatic N) is 2. The van der Waals surface area contributed by atoms with Crippen LogP contribution in [0.2, 0.25) is 0 Å². The van der Waals surface area contributed by atoms with Crippen LogP contribution in [0.4, 0.5) is 11.8 Å². The van der Waals surface area contributed by atoms with E-state index < -0.39 is 11.5 Å². The van der Waals surface area contributed by atoms with E-state index >= 15 is 0 Å². The number of aliphatic hydroxyl groups is 1. The lowest BCUT2D eigenvalue weighted by Crippen LogP contribution is -2.37. The molecule has 5 N–H and O–H groups in total. The second-order valence-electron chi connectivity index (χ2n) is 7.47. The number of rotatable bonds is 6. The van der Waals surface area contributed by atoms with Crippen LogP contribution >= 0.6 is 0 Å². The summed E-state index contributed by atoms with van der Waals surface area (Å²) in [5, 5.41) is 16.6. The molecule has 134 valence electrons. The molecular formula is C17H29N5O2. The van der Waals surface area contributed by atoms with Crippen LogP contribution < -0.4 is 16.4 Å². The zero-order valence-electron chi connectivity index (χ0n) is 15.0. The quantitative estimate of drug-likeness (QED) is 0.633. The Bertz CT molecular complexity index is 575. The van der Waals surface area contributed by atoms with Gasteiger partial charge in [-0.3, -0.25) is 4.79 Å². The number of carbonyl (C=O) groups is 1. The van der Waals surface area contributed by atoms with Crippen molar-refractivity contribution < 1.29 is 9.90 Å². The summed E-state index contributed by atoms with van der Waals surface area (Å²) in [5.74, 6) is 0.712. The molecule has 24 heavy (non-hydrogen) atoms. The van der Waals surface area contributed by atoms with E-state index in [4.69, 9.17) is 5.73 Å². The Morgan fingerprint density at radius 2 is 1.96 bits per heavy atom. The third-order valence-corrected chi connectivity index (χ3v) is 4.54. The largest absolute Gasteiger partial charge is 0.390 e. The van der Waals surface area contributed by atoms with Gasteiger partial charge in [0, 0.05) is 18.3 Å². The van der Waals surface area contributed by atoms with E-state index in [1.807, 2.05) is 27.7 Å². The molecule has 1 heterocycles. The molecule has 0 unspecified atom stereocenters. The van der Waals surface area contributed by atoms with E-state index in [1.165, 1.54) is 6.20 Å². The Hall–Kier alpha value is -1.89. The minimum absolute atomic E-state index is 0.194. The highest BCUT2D eigenvalue weighted by atomic mass is 16.3. The maximum absolute atomic E-state index is 11.6. The smallest absolute Gasteiger partial charge is 0.254 e. The minimum Gasteiger partial charge on any atom is -0.390 e. The number of anilines is 2. The maximum Gasteiger partial charge on any atom is 0.254 e. The molecule has 1 saturated carbocycles. The summed E-state index contributed by atoms with van der Waals surface area (Å²) in [6, 6.07) is 0.406. The zero-order chi connectivity index (χ0) is 17.9. The van der Waals surface area contributed by atoms with Crippen LogP contribution in [0.5, 0.6) is 0 Å². The summed E-state index contributed by atoms with van der Waals surface area (Å²) >= 11 is 0. The van der Waals surface area contributed by atoms with E-state index in [1.54, 1.807) is 0 Å². The third-order valence-electron chi connectivity index (χ3n) is 4.54. The summed E-state index contributed by atoms with van der Waals surface area (Å²) < 4.78 is 0. The second kappa shape index (κ2) is 7.34. The topological polar surface area (TPSA) is 113 Å². The van der Waals surface area contributed by atoms with Crippen molar-refractivity contribution in [3.63, 3.8) is 0 Å². The molecule has 0 aliphatic heterocycles. The minimum atomic E-state index is -0.646. The number of nitrogens with one attached hydrogen (secondary N) is 2. The Morgan fingerprint density at radius 1 is 1.33 bits per heavy atom. The van der Waals surface area contributed by atoms with Crippen LogP contribution in [0, 0.1) is 5.92 Å². The van der Waals surface area contributed by atoms with Crippen LogP contribution in [0.15, 0.2) is 6.20 Å². The second-order valence-corrected chi connectivity index (χ2v) is 7.47. The molecule has 0 saturated heterocycles. The van der Waals surface area contributed by atoms with Gasteiger partial charge in [0.25, 0.3) is 5.91 Å². The fourth-order valence-electron chi connectivity index (χ4n) is 3.14. The van der Waals surface area contributed by atoms with Gasteiger partial charge in [0.1, 0.15) is 5.82 Å². The van der Waals surface area contributed by atoms with Crippen molar-refractivity contribution in [3.8, 4) is 0 Å². The van der Waals surface area contributed by atoms with E-state index in [2.05, 4.69) is 20.6 Å². The van der Waals surface area contributed by atoms with Crippen molar-refractivity contribution in [3.05, 3.63) is 11.8 Å². The first-order valence-electron chi connectivity index (χ1n) is 8.59. The molecule has 7 nitrogen and oxygen atoms in total. The first-order valence-corrected chi connectivity index (χ1v) is 8.59. The van der Waals surface area contributed by atoms with Gasteiger partial charge in [-0.05, 0) is 59.3 Å². The number of aromatic nitrogens is 2. The van der Waals surface area contributed by atoms with Gasteiger partial charge in [-0.1, -0.05) is 0 Å². The van der Waals surface area contributed by atoms with Crippen molar-refractivity contribution in [2.45, 2.75) is 71.1 Å². The van der Waals surface area contributed by atoms with Crippen LogP contribution in [-0.2, 0) is 0 Å². The molecule has 1 fully saturated rings. The summed E-state index contributed by atoms with van der Waals surface area (Å²) in [4.78, 5) is 20.2. The van der Waals surface area contributed by atoms with Crippen molar-refractivity contribution >= 4 is 17.7 Å². The molecule has 7 heteroatoms. The van der Waals surface area contributed by atoms with Gasteiger partial charge in [0.05, 0.1) is 11.2 Å². The fraction of sp³-hybridized carbons (Fsp3) is 0.706. The molecule has 0 aromatic carbocycles. The number of primary amides is 1. The first-order chi connectivity index (χ1) is 11.2. The molecule has 1 aromatic rings. The van der Waals surface area contributed by atoms with Gasteiger partial charge in [0.15, 0.2) is 0 Å². The SMILES string of the molecule is CC(C)Nc1ncc(C(N)=O)c(NC2CCC(C(C)(C)O)CC2)n1. The van der Waals surface area contributed by atoms with E-state index in [-0.39, 0.29) is 12.1 Å². The molecule has 0 spiro atoms. The highest BCUT2D eigenvalue weighted by molar-refractivity contribution is 5.97. The van der Waals surface area contributed by atoms with Gasteiger partial charge in [-0.2, -0.15) is 4.98 Å². The summed E-state index contributed by atoms with van der Waals surface area (Å²) in [7, 11) is 0. The zero-order valence-corrected chi connectivity index (χ0v) is 15.0. The Balaban J connectivity index is 2.09. The Morgan fingerprint density at radius 3 is 2.46 bits per heavy atom. The lowest BCUT2D eigenvalue weighted by Gasteiger charge is -2.36. The van der Waals surface area contributed by atoms with E-state index in [0.29, 0.717) is 23.2 Å². The lowest BCUT2D eigenvalue weighted by atomic mass is 9.77. The number of hydrogen-bond acceptors (Lipinski definition) is 6. The van der Waals surface area contributed by atoms with Crippen molar-refractivity contribution in [1.82, 2.24) is 9.97 Å². The summed E-state index contributed by atoms with van der Waals surface area (Å²) in [6.45, 7) is 7.72. The van der Waals surface area contributed by atoms with Gasteiger partial charge < -0.3 is 21.5 Å². The molecule has 1 aromatic heterocycles. The van der Waals surface area contributed by atoms with Crippen molar-refractivity contribution in [2.75, 3.05) is 10.6 Å². The molecular weight excluding hydrogens is 306 g/mol. The summed E-state index contributed by atoms with van der Waals surface area (Å²) in [6.07, 6.45) is 5.18. The van der Waals surface area contributed by atoms with E-state index in [0.717, 1.165) is 25.7 Å². The fourth-order valence-corrected chi connectivity index (χ4v) is 3.14. The number of nitrogens with two attached hydrogens (primary N) is 1. The van der Waals surface area contributed by atoms with Gasteiger partial charge in [-0.25, -0.2) is 4.98 Å². The van der Waals surface area contributed by atoms with Crippen molar-refractivity contribution in [2.24, 2.45) is 11.7 Å². The number of amides is 1. The summed E-state index contributed by atoms with van der Waals surface area (Å²) in [5.41, 5.74) is 5.09. The predicted molar refractivity (Wildman–Crippen MR) is 95.0 cm³/mol. The predicted octanol–water partition coefficient (Wildman–Crippen LogP) is 2.14. The van der Waals surface area contributed by atoms with E-state index in [9.17, 15) is 9.90 Å². The third kappa shape index (κ3) is 4.80. The molecule has 1 aliphatic carbocycles. The number of hydrogen-bond donors (Lipinski definition) is 4. The molecule has 0 bridgehead atoms. The monoisotopic (exact) mass is 335 g/mol. The first kappa shape index (κ1) is 18.4. The van der Waals surface area contributed by atoms with Gasteiger partial charge in [-0.15, -0.1) is 0 Å². The Kier molecular flexibility index (Phi) is 5.64. The highest BCUT2D eigenvalue weighted by Crippen LogP contribution is 2.33. The molecule has 1 amide bonds. The molecule has 0 atom stereocenters. The van der Waals surface area contributed by atoms with Crippen LogP contribution in [0.25, 0.3) is 0 Å². The van der Waals surface area contributed by atoms with Gasteiger partial charge >= 0.3 is 0 Å². The Labute approximate surface area is 143 Å². The highest BCUT2D eigenvalue weighted by Gasteiger charge is 2.31. The molecule has 0 radical (unpaired) electrons. The van der Waals surface area contributed by atoms with Gasteiger partial charge in [0.2, 0.25) is 5.95 Å². The van der Waals surface area contributed by atoms with Crippen LogP contribution in [0.3, 0.4) is 0 Å². The number of carbonyl (C=O) groups excluding carboxylic acids is 1. The molecule has 1 aliphatic rings. The average molecular weight is 335 g/mol. The van der Waals surface area contributed by atoms with Crippen molar-refractivity contribution in [1.29, 1.82) is 0 Å². The van der Waals surface area contributed by atoms with Crippen LogP contribution in [0.1, 0.15) is 63.7 Å². The van der Waals surface area contributed by atoms with Crippen LogP contribution in [-0.4, -0.2) is 38.7 Å². The normalized spacial score (nSPS) is 21.6. The average Bonchev–Trinajstić information content (AvgIpc) is 2.46. The maximum atomic E-state index is 11.6. The standard InChI is InChI=1S/C17H29N5O2/c1-10(2)20-16-19-9-13(14(18)23)15(22-16)21-12-7-5-11(6-8-12)17(3,4)24/h9-12,24H,5-8H2,1-4H3,(H2,18,23)(H2,19,20,21,22).